The van der Waals surface area contributed by atoms with Gasteiger partial charge in [-0.25, -0.2) is 12.7 Å². The van der Waals surface area contributed by atoms with Crippen molar-refractivity contribution in [2.24, 2.45) is 0 Å². The number of halogens is 2. The van der Waals surface area contributed by atoms with Crippen molar-refractivity contribution in [1.82, 2.24) is 14.3 Å². The number of fused-ring (bicyclic) bond motifs is 2. The maximum atomic E-state index is 12.4. The molecule has 0 amide bonds. The predicted octanol–water partition coefficient (Wildman–Crippen LogP) is 5.88. The zero-order chi connectivity index (χ0) is 25.9. The van der Waals surface area contributed by atoms with Gasteiger partial charge in [0.2, 0.25) is 10.0 Å². The summed E-state index contributed by atoms with van der Waals surface area (Å²) >= 11 is 12.4. The Morgan fingerprint density at radius 2 is 1.28 bits per heavy atom. The number of hydrogen-bond donors (Lipinski definition) is 2. The van der Waals surface area contributed by atoms with Crippen molar-refractivity contribution >= 4 is 66.4 Å². The Balaban J connectivity index is 1.38. The van der Waals surface area contributed by atoms with Gasteiger partial charge in [0, 0.05) is 69.8 Å². The van der Waals surface area contributed by atoms with Crippen LogP contribution in [-0.2, 0) is 10.0 Å². The van der Waals surface area contributed by atoms with E-state index in [0.717, 1.165) is 44.6 Å². The first-order valence-corrected chi connectivity index (χ1v) is 14.3. The van der Waals surface area contributed by atoms with Crippen molar-refractivity contribution in [2.45, 2.75) is 20.3 Å². The molecule has 0 aliphatic carbocycles. The molecule has 0 atom stereocenters. The summed E-state index contributed by atoms with van der Waals surface area (Å²) in [4.78, 5) is 9.09. The highest BCUT2D eigenvalue weighted by Crippen LogP contribution is 2.27. The molecule has 0 fully saturated rings. The van der Waals surface area contributed by atoms with E-state index in [0.29, 0.717) is 42.6 Å². The minimum Gasteiger partial charge on any atom is -0.384 e. The maximum absolute atomic E-state index is 12.4. The highest BCUT2D eigenvalue weighted by molar-refractivity contribution is 7.88. The third-order valence-corrected chi connectivity index (χ3v) is 7.62. The van der Waals surface area contributed by atoms with Crippen LogP contribution < -0.4 is 10.6 Å². The van der Waals surface area contributed by atoms with Gasteiger partial charge in [0.05, 0.1) is 17.3 Å². The maximum Gasteiger partial charge on any atom is 0.211 e. The number of anilines is 2. The van der Waals surface area contributed by atoms with E-state index in [2.05, 4.69) is 20.6 Å². The van der Waals surface area contributed by atoms with Crippen LogP contribution in [0.4, 0.5) is 11.4 Å². The average molecular weight is 547 g/mol. The number of sulfonamides is 1. The molecule has 2 aromatic carbocycles. The Kier molecular flexibility index (Phi) is 8.20. The summed E-state index contributed by atoms with van der Waals surface area (Å²) in [5.41, 5.74) is 5.30. The lowest BCUT2D eigenvalue weighted by atomic mass is 10.1. The van der Waals surface area contributed by atoms with E-state index in [-0.39, 0.29) is 0 Å². The first kappa shape index (κ1) is 26.4. The van der Waals surface area contributed by atoms with Crippen LogP contribution in [0.5, 0.6) is 0 Å². The van der Waals surface area contributed by atoms with Gasteiger partial charge in [-0.1, -0.05) is 23.2 Å². The fourth-order valence-corrected chi connectivity index (χ4v) is 5.42. The number of rotatable bonds is 10. The smallest absolute Gasteiger partial charge is 0.211 e. The molecule has 0 unspecified atom stereocenters. The van der Waals surface area contributed by atoms with Gasteiger partial charge in [0.15, 0.2) is 0 Å². The SMILES string of the molecule is Cc1cc(NCCCN(CCNc2cc(C)nc3ccc(Cl)cc23)S(C)(=O)=O)c2cc(Cl)ccc2n1. The largest absolute Gasteiger partial charge is 0.384 e. The van der Waals surface area contributed by atoms with Crippen molar-refractivity contribution in [3.63, 3.8) is 0 Å². The zero-order valence-corrected chi connectivity index (χ0v) is 22.8. The van der Waals surface area contributed by atoms with E-state index in [1.807, 2.05) is 62.4 Å². The van der Waals surface area contributed by atoms with Crippen LogP contribution in [0, 0.1) is 13.8 Å². The summed E-state index contributed by atoms with van der Waals surface area (Å²) in [5.74, 6) is 0. The lowest BCUT2D eigenvalue weighted by molar-refractivity contribution is 0.423. The number of aromatic nitrogens is 2. The molecule has 36 heavy (non-hydrogen) atoms. The summed E-state index contributed by atoms with van der Waals surface area (Å²) < 4.78 is 26.4. The molecule has 7 nitrogen and oxygen atoms in total. The molecule has 0 spiro atoms. The molecule has 0 bridgehead atoms. The third kappa shape index (κ3) is 6.56. The average Bonchev–Trinajstić information content (AvgIpc) is 2.80. The van der Waals surface area contributed by atoms with Gasteiger partial charge < -0.3 is 10.6 Å². The molecule has 0 aliphatic heterocycles. The fraction of sp³-hybridized carbons (Fsp3) is 0.308. The van der Waals surface area contributed by atoms with Crippen molar-refractivity contribution in [3.05, 3.63) is 70.0 Å². The molecule has 0 saturated heterocycles. The standard InChI is InChI=1S/C26H29Cl2N5O2S/c1-17-13-25(21-15-19(27)5-7-23(21)31-17)29-9-4-11-33(36(3,34)35)12-10-30-26-14-18(2)32-24-8-6-20(28)16-22(24)26/h5-8,13-16H,4,9-12H2,1-3H3,(H,29,31)(H,30,32). The van der Waals surface area contributed by atoms with Crippen LogP contribution in [0.1, 0.15) is 17.8 Å². The zero-order valence-electron chi connectivity index (χ0n) is 20.5. The monoisotopic (exact) mass is 545 g/mol. The molecule has 2 heterocycles. The second kappa shape index (κ2) is 11.2. The second-order valence-electron chi connectivity index (χ2n) is 8.81. The van der Waals surface area contributed by atoms with Gasteiger partial charge in [-0.3, -0.25) is 9.97 Å². The van der Waals surface area contributed by atoms with E-state index < -0.39 is 10.0 Å². The van der Waals surface area contributed by atoms with Gasteiger partial charge in [-0.15, -0.1) is 0 Å². The molecular formula is C26H29Cl2N5O2S. The molecule has 190 valence electrons. The first-order chi connectivity index (χ1) is 17.1. The van der Waals surface area contributed by atoms with Gasteiger partial charge in [0.25, 0.3) is 0 Å². The highest BCUT2D eigenvalue weighted by Gasteiger charge is 2.16. The van der Waals surface area contributed by atoms with E-state index >= 15 is 0 Å². The first-order valence-electron chi connectivity index (χ1n) is 11.7. The van der Waals surface area contributed by atoms with Gasteiger partial charge in [0.1, 0.15) is 0 Å². The Bertz CT molecular complexity index is 1510. The summed E-state index contributed by atoms with van der Waals surface area (Å²) in [6, 6.07) is 15.1. The molecule has 4 rings (SSSR count). The molecule has 4 aromatic rings. The molecule has 0 aliphatic rings. The third-order valence-electron chi connectivity index (χ3n) is 5.84. The van der Waals surface area contributed by atoms with E-state index in [1.54, 1.807) is 0 Å². The van der Waals surface area contributed by atoms with Gasteiger partial charge in [-0.2, -0.15) is 0 Å². The lowest BCUT2D eigenvalue weighted by Crippen LogP contribution is -2.35. The van der Waals surface area contributed by atoms with E-state index in [4.69, 9.17) is 23.2 Å². The Morgan fingerprint density at radius 3 is 1.78 bits per heavy atom. The van der Waals surface area contributed by atoms with Crippen molar-refractivity contribution in [2.75, 3.05) is 43.1 Å². The second-order valence-corrected chi connectivity index (χ2v) is 11.7. The van der Waals surface area contributed by atoms with Crippen LogP contribution >= 0.6 is 23.2 Å². The van der Waals surface area contributed by atoms with Gasteiger partial charge >= 0.3 is 0 Å². The minimum absolute atomic E-state index is 0.342. The summed E-state index contributed by atoms with van der Waals surface area (Å²) in [7, 11) is -3.36. The van der Waals surface area contributed by atoms with Crippen LogP contribution in [0.3, 0.4) is 0 Å². The summed E-state index contributed by atoms with van der Waals surface area (Å²) in [5, 5.41) is 9.91. The topological polar surface area (TPSA) is 87.2 Å². The van der Waals surface area contributed by atoms with Crippen LogP contribution in [0.15, 0.2) is 48.5 Å². The molecule has 2 aromatic heterocycles. The van der Waals surface area contributed by atoms with Crippen LogP contribution in [0.2, 0.25) is 10.0 Å². The Morgan fingerprint density at radius 1 is 0.778 bits per heavy atom. The van der Waals surface area contributed by atoms with Crippen LogP contribution in [0.25, 0.3) is 21.8 Å². The molecule has 0 radical (unpaired) electrons. The predicted molar refractivity (Wildman–Crippen MR) is 151 cm³/mol. The van der Waals surface area contributed by atoms with E-state index in [9.17, 15) is 8.42 Å². The number of nitrogens with zero attached hydrogens (tertiary/aromatic N) is 3. The molecular weight excluding hydrogens is 517 g/mol. The Hall–Kier alpha value is -2.65. The lowest BCUT2D eigenvalue weighted by Gasteiger charge is -2.21. The molecule has 0 saturated carbocycles. The highest BCUT2D eigenvalue weighted by atomic mass is 35.5. The van der Waals surface area contributed by atoms with Crippen LogP contribution in [-0.4, -0.2) is 55.1 Å². The number of benzene rings is 2. The number of pyridine rings is 2. The van der Waals surface area contributed by atoms with Crippen molar-refractivity contribution < 1.29 is 8.42 Å². The molecule has 2 N–H and O–H groups in total. The van der Waals surface area contributed by atoms with Gasteiger partial charge in [-0.05, 0) is 68.8 Å². The minimum atomic E-state index is -3.36. The Labute approximate surface area is 221 Å². The fourth-order valence-electron chi connectivity index (χ4n) is 4.19. The number of aryl methyl sites for hydroxylation is 2. The van der Waals surface area contributed by atoms with E-state index in [1.165, 1.54) is 10.6 Å². The summed E-state index contributed by atoms with van der Waals surface area (Å²) in [6.07, 6.45) is 1.89. The summed E-state index contributed by atoms with van der Waals surface area (Å²) in [6.45, 7) is 5.68. The normalized spacial score (nSPS) is 11.9. The van der Waals surface area contributed by atoms with Crippen molar-refractivity contribution in [1.29, 1.82) is 0 Å². The number of hydrogen-bond acceptors (Lipinski definition) is 6. The molecule has 10 heteroatoms. The quantitative estimate of drug-likeness (QED) is 0.242. The van der Waals surface area contributed by atoms with Crippen molar-refractivity contribution in [3.8, 4) is 0 Å². The number of nitrogens with one attached hydrogen (secondary N) is 2.